The molecule has 2 rings (SSSR count). The van der Waals surface area contributed by atoms with Gasteiger partial charge < -0.3 is 10.2 Å². The highest BCUT2D eigenvalue weighted by atomic mass is 15.1. The lowest BCUT2D eigenvalue weighted by Gasteiger charge is -2.32. The van der Waals surface area contributed by atoms with Crippen molar-refractivity contribution in [1.82, 2.24) is 10.2 Å². The Balaban J connectivity index is 1.57. The van der Waals surface area contributed by atoms with Gasteiger partial charge in [0.05, 0.1) is 0 Å². The van der Waals surface area contributed by atoms with Crippen LogP contribution in [0.25, 0.3) is 0 Å². The molecule has 0 spiro atoms. The van der Waals surface area contributed by atoms with Crippen LogP contribution >= 0.6 is 0 Å². The molecule has 19 heavy (non-hydrogen) atoms. The Morgan fingerprint density at radius 3 is 2.21 bits per heavy atom. The van der Waals surface area contributed by atoms with Gasteiger partial charge in [0.25, 0.3) is 0 Å². The first-order valence-corrected chi connectivity index (χ1v) is 8.63. The van der Waals surface area contributed by atoms with Crippen LogP contribution in [0.1, 0.15) is 64.2 Å². The van der Waals surface area contributed by atoms with E-state index in [0.717, 1.165) is 17.9 Å². The third kappa shape index (κ3) is 5.43. The molecule has 0 aromatic heterocycles. The Kier molecular flexibility index (Phi) is 6.66. The SMILES string of the molecule is CNC1CCC(CN(C)CCC2CCCCC2)CC1. The lowest BCUT2D eigenvalue weighted by atomic mass is 9.85. The van der Waals surface area contributed by atoms with Crippen LogP contribution < -0.4 is 5.32 Å². The second-order valence-electron chi connectivity index (χ2n) is 7.06. The predicted molar refractivity (Wildman–Crippen MR) is 83.5 cm³/mol. The first kappa shape index (κ1) is 15.3. The summed E-state index contributed by atoms with van der Waals surface area (Å²) in [5.41, 5.74) is 0. The van der Waals surface area contributed by atoms with Gasteiger partial charge in [0.15, 0.2) is 0 Å². The zero-order valence-corrected chi connectivity index (χ0v) is 13.2. The quantitative estimate of drug-likeness (QED) is 0.789. The smallest absolute Gasteiger partial charge is 0.00642 e. The normalized spacial score (nSPS) is 29.8. The van der Waals surface area contributed by atoms with Gasteiger partial charge in [-0.05, 0) is 64.6 Å². The number of nitrogens with zero attached hydrogens (tertiary/aromatic N) is 1. The van der Waals surface area contributed by atoms with E-state index in [1.54, 1.807) is 0 Å². The summed E-state index contributed by atoms with van der Waals surface area (Å²) >= 11 is 0. The molecular formula is C17H34N2. The van der Waals surface area contributed by atoms with Gasteiger partial charge in [-0.15, -0.1) is 0 Å². The van der Waals surface area contributed by atoms with Crippen molar-refractivity contribution in [3.05, 3.63) is 0 Å². The average molecular weight is 266 g/mol. The zero-order chi connectivity index (χ0) is 13.5. The fraction of sp³-hybridized carbons (Fsp3) is 1.00. The summed E-state index contributed by atoms with van der Waals surface area (Å²) in [5.74, 6) is 2.00. The van der Waals surface area contributed by atoms with Crippen LogP contribution in [0.5, 0.6) is 0 Å². The van der Waals surface area contributed by atoms with Gasteiger partial charge in [0.2, 0.25) is 0 Å². The van der Waals surface area contributed by atoms with Crippen LogP contribution in [0.4, 0.5) is 0 Å². The predicted octanol–water partition coefficient (Wildman–Crippen LogP) is 3.67. The summed E-state index contributed by atoms with van der Waals surface area (Å²) in [7, 11) is 4.45. The molecule has 2 saturated carbocycles. The van der Waals surface area contributed by atoms with Crippen LogP contribution in [-0.4, -0.2) is 38.1 Å². The minimum absolute atomic E-state index is 0.795. The van der Waals surface area contributed by atoms with Gasteiger partial charge in [-0.3, -0.25) is 0 Å². The molecule has 1 N–H and O–H groups in total. The summed E-state index contributed by atoms with van der Waals surface area (Å²) in [6.07, 6.45) is 14.5. The molecule has 0 atom stereocenters. The molecule has 2 nitrogen and oxygen atoms in total. The van der Waals surface area contributed by atoms with Gasteiger partial charge in [0.1, 0.15) is 0 Å². The van der Waals surface area contributed by atoms with Crippen molar-refractivity contribution in [2.45, 2.75) is 70.3 Å². The van der Waals surface area contributed by atoms with E-state index in [9.17, 15) is 0 Å². The molecule has 0 saturated heterocycles. The van der Waals surface area contributed by atoms with Gasteiger partial charge in [-0.1, -0.05) is 32.1 Å². The van der Waals surface area contributed by atoms with E-state index in [1.807, 2.05) is 0 Å². The Labute approximate surface area is 120 Å². The van der Waals surface area contributed by atoms with Crippen LogP contribution in [-0.2, 0) is 0 Å². The highest BCUT2D eigenvalue weighted by Gasteiger charge is 2.21. The van der Waals surface area contributed by atoms with Crippen LogP contribution in [0.2, 0.25) is 0 Å². The largest absolute Gasteiger partial charge is 0.317 e. The van der Waals surface area contributed by atoms with Crippen molar-refractivity contribution < 1.29 is 0 Å². The molecule has 2 aliphatic carbocycles. The van der Waals surface area contributed by atoms with Gasteiger partial charge in [-0.2, -0.15) is 0 Å². The number of nitrogens with one attached hydrogen (secondary N) is 1. The maximum atomic E-state index is 3.43. The second kappa shape index (κ2) is 8.26. The zero-order valence-electron chi connectivity index (χ0n) is 13.2. The van der Waals surface area contributed by atoms with Crippen molar-refractivity contribution in [2.24, 2.45) is 11.8 Å². The molecule has 0 radical (unpaired) electrons. The highest BCUT2D eigenvalue weighted by molar-refractivity contribution is 4.78. The van der Waals surface area contributed by atoms with Gasteiger partial charge >= 0.3 is 0 Å². The van der Waals surface area contributed by atoms with Gasteiger partial charge in [-0.25, -0.2) is 0 Å². The molecule has 112 valence electrons. The minimum Gasteiger partial charge on any atom is -0.317 e. The van der Waals surface area contributed by atoms with Crippen molar-refractivity contribution in [3.8, 4) is 0 Å². The van der Waals surface area contributed by atoms with Crippen molar-refractivity contribution in [2.75, 3.05) is 27.2 Å². The molecule has 0 aliphatic heterocycles. The molecule has 2 aliphatic rings. The molecule has 0 amide bonds. The van der Waals surface area contributed by atoms with Crippen molar-refractivity contribution >= 4 is 0 Å². The van der Waals surface area contributed by atoms with Crippen molar-refractivity contribution in [3.63, 3.8) is 0 Å². The van der Waals surface area contributed by atoms with Crippen LogP contribution in [0.3, 0.4) is 0 Å². The molecule has 0 aromatic carbocycles. The Morgan fingerprint density at radius 2 is 1.58 bits per heavy atom. The average Bonchev–Trinajstić information content (AvgIpc) is 2.47. The third-order valence-corrected chi connectivity index (χ3v) is 5.47. The lowest BCUT2D eigenvalue weighted by molar-refractivity contribution is 0.199. The lowest BCUT2D eigenvalue weighted by Crippen LogP contribution is -2.35. The Morgan fingerprint density at radius 1 is 0.895 bits per heavy atom. The fourth-order valence-corrected chi connectivity index (χ4v) is 4.04. The standard InChI is InChI=1S/C17H34N2/c1-18-17-10-8-16(9-11-17)14-19(2)13-12-15-6-4-3-5-7-15/h15-18H,3-14H2,1-2H3. The Hall–Kier alpha value is -0.0800. The molecular weight excluding hydrogens is 232 g/mol. The van der Waals surface area contributed by atoms with E-state index in [2.05, 4.69) is 24.3 Å². The van der Waals surface area contributed by atoms with E-state index in [1.165, 1.54) is 77.3 Å². The molecule has 0 bridgehead atoms. The maximum Gasteiger partial charge on any atom is 0.00642 e. The first-order chi connectivity index (χ1) is 9.28. The number of hydrogen-bond donors (Lipinski definition) is 1. The van der Waals surface area contributed by atoms with E-state index in [-0.39, 0.29) is 0 Å². The number of rotatable bonds is 6. The Bertz CT molecular complexity index is 227. The summed E-state index contributed by atoms with van der Waals surface area (Å²) in [5, 5.41) is 3.43. The summed E-state index contributed by atoms with van der Waals surface area (Å²) in [6, 6.07) is 0.795. The maximum absolute atomic E-state index is 3.43. The highest BCUT2D eigenvalue weighted by Crippen LogP contribution is 2.27. The van der Waals surface area contributed by atoms with E-state index < -0.39 is 0 Å². The summed E-state index contributed by atoms with van der Waals surface area (Å²) < 4.78 is 0. The molecule has 0 unspecified atom stereocenters. The van der Waals surface area contributed by atoms with Crippen LogP contribution in [0.15, 0.2) is 0 Å². The van der Waals surface area contributed by atoms with E-state index >= 15 is 0 Å². The second-order valence-corrected chi connectivity index (χ2v) is 7.06. The monoisotopic (exact) mass is 266 g/mol. The molecule has 2 heteroatoms. The minimum atomic E-state index is 0.795. The molecule has 0 aromatic rings. The third-order valence-electron chi connectivity index (χ3n) is 5.47. The van der Waals surface area contributed by atoms with E-state index in [0.29, 0.717) is 0 Å². The summed E-state index contributed by atoms with van der Waals surface area (Å²) in [6.45, 7) is 2.67. The number of hydrogen-bond acceptors (Lipinski definition) is 2. The molecule has 0 heterocycles. The van der Waals surface area contributed by atoms with Gasteiger partial charge in [0, 0.05) is 12.6 Å². The topological polar surface area (TPSA) is 15.3 Å². The van der Waals surface area contributed by atoms with E-state index in [4.69, 9.17) is 0 Å². The van der Waals surface area contributed by atoms with Crippen molar-refractivity contribution in [1.29, 1.82) is 0 Å². The molecule has 2 fully saturated rings. The fourth-order valence-electron chi connectivity index (χ4n) is 4.04. The first-order valence-electron chi connectivity index (χ1n) is 8.63. The summed E-state index contributed by atoms with van der Waals surface area (Å²) in [4.78, 5) is 2.61. The van der Waals surface area contributed by atoms with Crippen LogP contribution in [0, 0.1) is 11.8 Å².